The van der Waals surface area contributed by atoms with Gasteiger partial charge in [-0.05, 0) is 24.8 Å². The van der Waals surface area contributed by atoms with Gasteiger partial charge in [0.05, 0.1) is 24.5 Å². The first kappa shape index (κ1) is 13.3. The van der Waals surface area contributed by atoms with E-state index >= 15 is 0 Å². The number of nitrogens with one attached hydrogen (secondary N) is 1. The Labute approximate surface area is 118 Å². The lowest BCUT2D eigenvalue weighted by atomic mass is 9.85. The molecule has 0 amide bonds. The quantitative estimate of drug-likeness (QED) is 0.915. The first-order valence-corrected chi connectivity index (χ1v) is 7.17. The molecule has 3 rings (SSSR count). The van der Waals surface area contributed by atoms with Crippen molar-refractivity contribution in [2.45, 2.75) is 31.5 Å². The third kappa shape index (κ3) is 2.77. The number of nitriles is 1. The predicted octanol–water partition coefficient (Wildman–Crippen LogP) is 2.30. The summed E-state index contributed by atoms with van der Waals surface area (Å²) >= 11 is 0. The first-order valence-electron chi connectivity index (χ1n) is 7.17. The summed E-state index contributed by atoms with van der Waals surface area (Å²) in [5.74, 6) is 0.318. The summed E-state index contributed by atoms with van der Waals surface area (Å²) in [5, 5.41) is 12.4. The Balaban J connectivity index is 1.52. The zero-order valence-electron chi connectivity index (χ0n) is 11.5. The number of rotatable bonds is 3. The molecule has 1 aromatic heterocycles. The van der Waals surface area contributed by atoms with Crippen molar-refractivity contribution < 1.29 is 9.47 Å². The Kier molecular flexibility index (Phi) is 3.86. The predicted molar refractivity (Wildman–Crippen MR) is 74.0 cm³/mol. The van der Waals surface area contributed by atoms with Gasteiger partial charge in [0.15, 0.2) is 5.79 Å². The maximum atomic E-state index is 9.03. The Bertz CT molecular complexity index is 496. The fraction of sp³-hybridized carbons (Fsp3) is 0.600. The number of hydrogen-bond donors (Lipinski definition) is 1. The van der Waals surface area contributed by atoms with Crippen LogP contribution in [-0.2, 0) is 9.47 Å². The minimum absolute atomic E-state index is 0.287. The number of ether oxygens (including phenoxy) is 2. The molecule has 2 heterocycles. The molecule has 5 nitrogen and oxygen atoms in total. The van der Waals surface area contributed by atoms with Crippen molar-refractivity contribution >= 4 is 5.69 Å². The van der Waals surface area contributed by atoms with Crippen molar-refractivity contribution in [2.75, 3.05) is 25.1 Å². The second-order valence-electron chi connectivity index (χ2n) is 5.46. The van der Waals surface area contributed by atoms with Gasteiger partial charge in [-0.2, -0.15) is 5.26 Å². The van der Waals surface area contributed by atoms with Gasteiger partial charge in [0, 0.05) is 31.8 Å². The lowest BCUT2D eigenvalue weighted by Crippen LogP contribution is -2.36. The van der Waals surface area contributed by atoms with Crippen LogP contribution in [0.2, 0.25) is 0 Å². The molecule has 1 aliphatic carbocycles. The van der Waals surface area contributed by atoms with Crippen LogP contribution in [0.3, 0.4) is 0 Å². The number of nitrogens with zero attached hydrogens (tertiary/aromatic N) is 2. The molecule has 1 aliphatic heterocycles. The van der Waals surface area contributed by atoms with E-state index in [0.29, 0.717) is 11.5 Å². The van der Waals surface area contributed by atoms with Crippen molar-refractivity contribution in [3.05, 3.63) is 24.0 Å². The summed E-state index contributed by atoms with van der Waals surface area (Å²) < 4.78 is 11.5. The minimum atomic E-state index is -0.287. The first-order chi connectivity index (χ1) is 9.81. The molecule has 1 spiro atoms. The molecule has 2 fully saturated rings. The summed E-state index contributed by atoms with van der Waals surface area (Å²) in [6.07, 6.45) is 7.44. The van der Waals surface area contributed by atoms with Gasteiger partial charge in [-0.15, -0.1) is 0 Å². The second kappa shape index (κ2) is 5.78. The van der Waals surface area contributed by atoms with Crippen molar-refractivity contribution in [3.8, 4) is 6.07 Å². The molecule has 0 aromatic carbocycles. The summed E-state index contributed by atoms with van der Waals surface area (Å²) in [6, 6.07) is 4.01. The van der Waals surface area contributed by atoms with E-state index in [4.69, 9.17) is 14.7 Å². The van der Waals surface area contributed by atoms with Crippen molar-refractivity contribution in [1.82, 2.24) is 4.98 Å². The summed E-state index contributed by atoms with van der Waals surface area (Å²) in [4.78, 5) is 3.96. The van der Waals surface area contributed by atoms with Gasteiger partial charge in [0.25, 0.3) is 0 Å². The third-order valence-corrected chi connectivity index (χ3v) is 4.20. The fourth-order valence-electron chi connectivity index (χ4n) is 3.00. The molecule has 1 aromatic rings. The average molecular weight is 273 g/mol. The molecular weight excluding hydrogens is 254 g/mol. The van der Waals surface area contributed by atoms with E-state index in [-0.39, 0.29) is 5.79 Å². The van der Waals surface area contributed by atoms with E-state index in [1.807, 2.05) is 6.07 Å². The molecule has 1 saturated carbocycles. The number of aromatic nitrogens is 1. The third-order valence-electron chi connectivity index (χ3n) is 4.20. The van der Waals surface area contributed by atoms with Gasteiger partial charge in [-0.1, -0.05) is 0 Å². The Morgan fingerprint density at radius 3 is 2.80 bits per heavy atom. The van der Waals surface area contributed by atoms with E-state index in [9.17, 15) is 0 Å². The van der Waals surface area contributed by atoms with Crippen LogP contribution in [0.1, 0.15) is 31.2 Å². The summed E-state index contributed by atoms with van der Waals surface area (Å²) in [7, 11) is 0. The Morgan fingerprint density at radius 1 is 1.35 bits per heavy atom. The molecular formula is C15H19N3O2. The van der Waals surface area contributed by atoms with Crippen LogP contribution in [0.25, 0.3) is 0 Å². The fourth-order valence-corrected chi connectivity index (χ4v) is 3.00. The Hall–Kier alpha value is -1.64. The summed E-state index contributed by atoms with van der Waals surface area (Å²) in [6.45, 7) is 2.34. The average Bonchev–Trinajstić information content (AvgIpc) is 2.95. The molecule has 0 unspecified atom stereocenters. The van der Waals surface area contributed by atoms with Gasteiger partial charge in [0.1, 0.15) is 6.07 Å². The van der Waals surface area contributed by atoms with Crippen LogP contribution < -0.4 is 5.32 Å². The maximum Gasteiger partial charge on any atom is 0.168 e. The Morgan fingerprint density at radius 2 is 2.10 bits per heavy atom. The van der Waals surface area contributed by atoms with Crippen molar-refractivity contribution in [3.63, 3.8) is 0 Å². The van der Waals surface area contributed by atoms with Crippen LogP contribution in [-0.4, -0.2) is 30.5 Å². The zero-order valence-corrected chi connectivity index (χ0v) is 11.5. The standard InChI is InChI=1S/C15H19N3O2/c16-9-13-11-17-6-3-14(13)18-10-12-1-4-15(5-2-12)19-7-8-20-15/h3,6,11-12H,1-2,4-5,7-8,10H2,(H,17,18). The molecule has 0 atom stereocenters. The van der Waals surface area contributed by atoms with Crippen molar-refractivity contribution in [2.24, 2.45) is 5.92 Å². The monoisotopic (exact) mass is 273 g/mol. The highest BCUT2D eigenvalue weighted by atomic mass is 16.7. The van der Waals surface area contributed by atoms with E-state index in [1.165, 1.54) is 0 Å². The topological polar surface area (TPSA) is 67.2 Å². The van der Waals surface area contributed by atoms with Gasteiger partial charge in [-0.3, -0.25) is 4.98 Å². The largest absolute Gasteiger partial charge is 0.384 e. The molecule has 1 saturated heterocycles. The van der Waals surface area contributed by atoms with E-state index in [1.54, 1.807) is 12.4 Å². The van der Waals surface area contributed by atoms with Crippen LogP contribution in [0.4, 0.5) is 5.69 Å². The number of anilines is 1. The van der Waals surface area contributed by atoms with Gasteiger partial charge in [-0.25, -0.2) is 0 Å². The second-order valence-corrected chi connectivity index (χ2v) is 5.46. The summed E-state index contributed by atoms with van der Waals surface area (Å²) in [5.41, 5.74) is 1.47. The van der Waals surface area contributed by atoms with Crippen LogP contribution >= 0.6 is 0 Å². The lowest BCUT2D eigenvalue weighted by Gasteiger charge is -2.35. The van der Waals surface area contributed by atoms with E-state index < -0.39 is 0 Å². The molecule has 0 radical (unpaired) electrons. The van der Waals surface area contributed by atoms with E-state index in [0.717, 1.165) is 51.1 Å². The smallest absolute Gasteiger partial charge is 0.168 e. The maximum absolute atomic E-state index is 9.03. The minimum Gasteiger partial charge on any atom is -0.384 e. The molecule has 1 N–H and O–H groups in total. The zero-order chi connectivity index (χ0) is 13.8. The SMILES string of the molecule is N#Cc1cnccc1NCC1CCC2(CC1)OCCO2. The van der Waals surface area contributed by atoms with Gasteiger partial charge < -0.3 is 14.8 Å². The number of pyridine rings is 1. The highest BCUT2D eigenvalue weighted by Crippen LogP contribution is 2.38. The van der Waals surface area contributed by atoms with Crippen LogP contribution in [0, 0.1) is 17.2 Å². The van der Waals surface area contributed by atoms with Crippen LogP contribution in [0.15, 0.2) is 18.5 Å². The molecule has 0 bridgehead atoms. The molecule has 2 aliphatic rings. The highest BCUT2D eigenvalue weighted by molar-refractivity contribution is 5.55. The van der Waals surface area contributed by atoms with Gasteiger partial charge in [0.2, 0.25) is 0 Å². The molecule has 106 valence electrons. The van der Waals surface area contributed by atoms with Gasteiger partial charge >= 0.3 is 0 Å². The van der Waals surface area contributed by atoms with Crippen molar-refractivity contribution in [1.29, 1.82) is 5.26 Å². The van der Waals surface area contributed by atoms with E-state index in [2.05, 4.69) is 16.4 Å². The number of hydrogen-bond acceptors (Lipinski definition) is 5. The normalized spacial score (nSPS) is 21.8. The molecule has 20 heavy (non-hydrogen) atoms. The lowest BCUT2D eigenvalue weighted by molar-refractivity contribution is -0.181. The molecule has 5 heteroatoms. The van der Waals surface area contributed by atoms with Crippen LogP contribution in [0.5, 0.6) is 0 Å². The highest BCUT2D eigenvalue weighted by Gasteiger charge is 2.40.